The fourth-order valence-electron chi connectivity index (χ4n) is 2.97. The fraction of sp³-hybridized carbons (Fsp3) is 0.625. The van der Waals surface area contributed by atoms with E-state index in [2.05, 4.69) is 10.2 Å². The van der Waals surface area contributed by atoms with Crippen LogP contribution in [0.2, 0.25) is 0 Å². The van der Waals surface area contributed by atoms with Crippen LogP contribution in [0.25, 0.3) is 0 Å². The van der Waals surface area contributed by atoms with Crippen molar-refractivity contribution in [2.75, 3.05) is 13.1 Å². The molecule has 1 heterocycles. The quantitative estimate of drug-likeness (QED) is 0.807. The van der Waals surface area contributed by atoms with Crippen molar-refractivity contribution in [3.63, 3.8) is 0 Å². The molecule has 5 nitrogen and oxygen atoms in total. The first kappa shape index (κ1) is 15.5. The summed E-state index contributed by atoms with van der Waals surface area (Å²) in [6.45, 7) is 3.00. The molecule has 0 aromatic carbocycles. The molecule has 2 aliphatic carbocycles. The topological polar surface area (TPSA) is 69.6 Å². The maximum Gasteiger partial charge on any atom is 0.317 e. The van der Waals surface area contributed by atoms with Crippen molar-refractivity contribution in [1.82, 2.24) is 10.2 Å². The van der Waals surface area contributed by atoms with E-state index in [4.69, 9.17) is 5.11 Å². The number of amides is 1. The maximum atomic E-state index is 12.1. The van der Waals surface area contributed by atoms with Gasteiger partial charge >= 0.3 is 5.97 Å². The van der Waals surface area contributed by atoms with E-state index in [0.717, 1.165) is 29.1 Å². The molecule has 3 rings (SSSR count). The molecule has 2 saturated carbocycles. The molecule has 2 fully saturated rings. The highest BCUT2D eigenvalue weighted by atomic mass is 32.1. The van der Waals surface area contributed by atoms with Crippen LogP contribution in [0.1, 0.15) is 40.2 Å². The van der Waals surface area contributed by atoms with Crippen molar-refractivity contribution in [3.8, 4) is 0 Å². The molecule has 2 N–H and O–H groups in total. The molecule has 1 aromatic rings. The highest BCUT2D eigenvalue weighted by Gasteiger charge is 2.37. The van der Waals surface area contributed by atoms with Gasteiger partial charge in [0.1, 0.15) is 0 Å². The van der Waals surface area contributed by atoms with Gasteiger partial charge in [-0.25, -0.2) is 0 Å². The number of thiophene rings is 1. The van der Waals surface area contributed by atoms with Crippen LogP contribution < -0.4 is 5.32 Å². The second-order valence-corrected chi connectivity index (χ2v) is 7.76. The van der Waals surface area contributed by atoms with Gasteiger partial charge in [-0.15, -0.1) is 11.3 Å². The van der Waals surface area contributed by atoms with Crippen LogP contribution in [-0.2, 0) is 4.79 Å². The summed E-state index contributed by atoms with van der Waals surface area (Å²) in [5, 5.41) is 12.1. The van der Waals surface area contributed by atoms with Gasteiger partial charge in [-0.2, -0.15) is 0 Å². The Labute approximate surface area is 134 Å². The van der Waals surface area contributed by atoms with Gasteiger partial charge < -0.3 is 10.4 Å². The Morgan fingerprint density at radius 3 is 2.64 bits per heavy atom. The van der Waals surface area contributed by atoms with E-state index >= 15 is 0 Å². The van der Waals surface area contributed by atoms with Gasteiger partial charge in [-0.3, -0.25) is 14.5 Å². The van der Waals surface area contributed by atoms with E-state index in [1.54, 1.807) is 0 Å². The van der Waals surface area contributed by atoms with Gasteiger partial charge in [-0.05, 0) is 50.7 Å². The Morgan fingerprint density at radius 2 is 2.09 bits per heavy atom. The van der Waals surface area contributed by atoms with Crippen LogP contribution in [0.5, 0.6) is 0 Å². The predicted molar refractivity (Wildman–Crippen MR) is 85.3 cm³/mol. The minimum atomic E-state index is -0.762. The second kappa shape index (κ2) is 6.38. The van der Waals surface area contributed by atoms with Gasteiger partial charge in [0.15, 0.2) is 0 Å². The molecular weight excluding hydrogens is 300 g/mol. The third kappa shape index (κ3) is 3.87. The summed E-state index contributed by atoms with van der Waals surface area (Å²) < 4.78 is 0. The van der Waals surface area contributed by atoms with Crippen LogP contribution in [0.15, 0.2) is 12.1 Å². The molecule has 0 bridgehead atoms. The number of nitrogens with one attached hydrogen (secondary N) is 1. The lowest BCUT2D eigenvalue weighted by atomic mass is 9.85. The molecule has 120 valence electrons. The van der Waals surface area contributed by atoms with Crippen LogP contribution >= 0.6 is 11.3 Å². The molecule has 0 aliphatic heterocycles. The van der Waals surface area contributed by atoms with Crippen molar-refractivity contribution in [3.05, 3.63) is 21.9 Å². The monoisotopic (exact) mass is 322 g/mol. The van der Waals surface area contributed by atoms with Crippen LogP contribution in [0.3, 0.4) is 0 Å². The lowest BCUT2D eigenvalue weighted by Crippen LogP contribution is -2.55. The molecule has 1 amide bonds. The molecule has 0 spiro atoms. The minimum Gasteiger partial charge on any atom is -0.480 e. The molecule has 0 atom stereocenters. The molecule has 1 aromatic heterocycles. The number of rotatable bonds is 7. The van der Waals surface area contributed by atoms with E-state index in [1.165, 1.54) is 24.2 Å². The zero-order valence-electron chi connectivity index (χ0n) is 12.7. The summed E-state index contributed by atoms with van der Waals surface area (Å²) in [7, 11) is 0. The Hall–Kier alpha value is -1.40. The van der Waals surface area contributed by atoms with Gasteiger partial charge in [0.2, 0.25) is 0 Å². The van der Waals surface area contributed by atoms with E-state index in [9.17, 15) is 9.59 Å². The zero-order chi connectivity index (χ0) is 15.7. The molecule has 0 saturated heterocycles. The third-order valence-electron chi connectivity index (χ3n) is 4.46. The van der Waals surface area contributed by atoms with Gasteiger partial charge in [-0.1, -0.05) is 0 Å². The number of carbonyl (C=O) groups is 2. The molecule has 22 heavy (non-hydrogen) atoms. The number of carbonyl (C=O) groups excluding carboxylic acids is 1. The summed E-state index contributed by atoms with van der Waals surface area (Å²) >= 11 is 1.50. The predicted octanol–water partition coefficient (Wildman–Crippen LogP) is 2.11. The SMILES string of the molecule is Cc1ccc(C(=O)NC2CC(N(CC(=O)O)CC3CC3)C2)s1. The number of nitrogens with zero attached hydrogens (tertiary/aromatic N) is 1. The summed E-state index contributed by atoms with van der Waals surface area (Å²) in [5.41, 5.74) is 0. The number of aliphatic carboxylic acids is 1. The van der Waals surface area contributed by atoms with Gasteiger partial charge in [0.05, 0.1) is 11.4 Å². The van der Waals surface area contributed by atoms with Crippen LogP contribution in [0.4, 0.5) is 0 Å². The number of hydrogen-bond donors (Lipinski definition) is 2. The first-order chi connectivity index (χ1) is 10.5. The van der Waals surface area contributed by atoms with Crippen molar-refractivity contribution < 1.29 is 14.7 Å². The molecule has 2 aliphatic rings. The van der Waals surface area contributed by atoms with E-state index in [1.807, 2.05) is 19.1 Å². The van der Waals surface area contributed by atoms with Crippen LogP contribution in [0, 0.1) is 12.8 Å². The number of carboxylic acid groups (broad SMARTS) is 1. The van der Waals surface area contributed by atoms with Crippen molar-refractivity contribution >= 4 is 23.2 Å². The van der Waals surface area contributed by atoms with Gasteiger partial charge in [0, 0.05) is 23.5 Å². The average molecular weight is 322 g/mol. The van der Waals surface area contributed by atoms with Gasteiger partial charge in [0.25, 0.3) is 5.91 Å². The highest BCUT2D eigenvalue weighted by molar-refractivity contribution is 7.13. The second-order valence-electron chi connectivity index (χ2n) is 6.47. The number of aryl methyl sites for hydroxylation is 1. The number of carboxylic acids is 1. The smallest absolute Gasteiger partial charge is 0.317 e. The first-order valence-electron chi connectivity index (χ1n) is 7.84. The fourth-order valence-corrected chi connectivity index (χ4v) is 3.74. The number of hydrogen-bond acceptors (Lipinski definition) is 4. The minimum absolute atomic E-state index is 0.00599. The Morgan fingerprint density at radius 1 is 1.36 bits per heavy atom. The Balaban J connectivity index is 1.47. The van der Waals surface area contributed by atoms with Crippen molar-refractivity contribution in [2.45, 2.75) is 44.7 Å². The lowest BCUT2D eigenvalue weighted by Gasteiger charge is -2.42. The molecule has 0 unspecified atom stereocenters. The molecular formula is C16H22N2O3S. The summed E-state index contributed by atoms with van der Waals surface area (Å²) in [6, 6.07) is 4.28. The standard InChI is InChI=1S/C16H22N2O3S/c1-10-2-5-14(22-10)16(21)17-12-6-13(7-12)18(9-15(19)20)8-11-3-4-11/h2,5,11-13H,3-4,6-9H2,1H3,(H,17,21)(H,19,20). The lowest BCUT2D eigenvalue weighted by molar-refractivity contribution is -0.139. The van der Waals surface area contributed by atoms with Crippen molar-refractivity contribution in [2.24, 2.45) is 5.92 Å². The normalized spacial score (nSPS) is 24.1. The van der Waals surface area contributed by atoms with Crippen LogP contribution in [-0.4, -0.2) is 47.1 Å². The van der Waals surface area contributed by atoms with E-state index in [-0.39, 0.29) is 18.5 Å². The average Bonchev–Trinajstić information content (AvgIpc) is 3.10. The maximum absolute atomic E-state index is 12.1. The molecule has 0 radical (unpaired) electrons. The summed E-state index contributed by atoms with van der Waals surface area (Å²) in [5.74, 6) is -0.0854. The third-order valence-corrected chi connectivity index (χ3v) is 5.46. The first-order valence-corrected chi connectivity index (χ1v) is 8.66. The molecule has 6 heteroatoms. The van der Waals surface area contributed by atoms with Crippen molar-refractivity contribution in [1.29, 1.82) is 0 Å². The summed E-state index contributed by atoms with van der Waals surface area (Å²) in [6.07, 6.45) is 4.16. The Kier molecular flexibility index (Phi) is 4.49. The van der Waals surface area contributed by atoms with E-state index in [0.29, 0.717) is 12.0 Å². The zero-order valence-corrected chi connectivity index (χ0v) is 13.6. The largest absolute Gasteiger partial charge is 0.480 e. The van der Waals surface area contributed by atoms with E-state index < -0.39 is 5.97 Å². The highest BCUT2D eigenvalue weighted by Crippen LogP contribution is 2.33. The Bertz CT molecular complexity index is 561. The summed E-state index contributed by atoms with van der Waals surface area (Å²) in [4.78, 5) is 27.1.